The number of alkyl halides is 1. The van der Waals surface area contributed by atoms with Crippen molar-refractivity contribution in [3.63, 3.8) is 0 Å². The maximum absolute atomic E-state index is 12.5. The molecule has 0 amide bonds. The predicted molar refractivity (Wildman–Crippen MR) is 53.0 cm³/mol. The van der Waals surface area contributed by atoms with Crippen LogP contribution in [0.1, 0.15) is 18.9 Å². The van der Waals surface area contributed by atoms with E-state index in [0.717, 1.165) is 10.9 Å². The molecule has 0 bridgehead atoms. The van der Waals surface area contributed by atoms with Gasteiger partial charge in [-0.15, -0.1) is 0 Å². The van der Waals surface area contributed by atoms with Gasteiger partial charge in [0.05, 0.1) is 6.17 Å². The van der Waals surface area contributed by atoms with Gasteiger partial charge in [-0.3, -0.25) is 0 Å². The van der Waals surface area contributed by atoms with Crippen molar-refractivity contribution in [3.8, 4) is 0 Å². The van der Waals surface area contributed by atoms with Crippen LogP contribution >= 0.6 is 15.9 Å². The average Bonchev–Trinajstić information content (AvgIpc) is 2.03. The van der Waals surface area contributed by atoms with Gasteiger partial charge in [0.25, 0.3) is 0 Å². The molecule has 1 atom stereocenters. The fraction of sp³-hybridized carbons (Fsp3) is 0.400. The number of hydrogen-bond donors (Lipinski definition) is 0. The number of rotatable bonds is 3. The van der Waals surface area contributed by atoms with Crippen molar-refractivity contribution in [1.29, 1.82) is 0 Å². The molecule has 0 nitrogen and oxygen atoms in total. The van der Waals surface area contributed by atoms with E-state index in [4.69, 9.17) is 0 Å². The molecule has 1 rings (SSSR count). The fourth-order valence-electron chi connectivity index (χ4n) is 1.02. The molecule has 12 heavy (non-hydrogen) atoms. The lowest BCUT2D eigenvalue weighted by Crippen LogP contribution is -1.95. The molecule has 2 heteroatoms. The van der Waals surface area contributed by atoms with Crippen LogP contribution in [0.3, 0.4) is 0 Å². The fourth-order valence-corrected chi connectivity index (χ4v) is 1.28. The highest BCUT2D eigenvalue weighted by molar-refractivity contribution is 9.10. The Morgan fingerprint density at radius 1 is 1.33 bits per heavy atom. The highest BCUT2D eigenvalue weighted by Crippen LogP contribution is 2.12. The molecule has 0 aliphatic rings. The van der Waals surface area contributed by atoms with Crippen LogP contribution in [0.5, 0.6) is 0 Å². The molecule has 0 heterocycles. The van der Waals surface area contributed by atoms with Gasteiger partial charge < -0.3 is 0 Å². The van der Waals surface area contributed by atoms with Gasteiger partial charge in [0, 0.05) is 4.47 Å². The first-order chi connectivity index (χ1) is 5.68. The minimum absolute atomic E-state index is 0.613. The summed E-state index contributed by atoms with van der Waals surface area (Å²) in [4.78, 5) is 0. The largest absolute Gasteiger partial charge is 0.248 e. The van der Waals surface area contributed by atoms with Gasteiger partial charge in [-0.2, -0.15) is 0 Å². The van der Waals surface area contributed by atoms with Crippen LogP contribution < -0.4 is 0 Å². The Balaban J connectivity index is 2.48. The summed E-state index contributed by atoms with van der Waals surface area (Å²) in [7, 11) is 0. The average molecular weight is 231 g/mol. The third-order valence-electron chi connectivity index (χ3n) is 1.74. The van der Waals surface area contributed by atoms with Crippen molar-refractivity contribution < 1.29 is 4.39 Å². The van der Waals surface area contributed by atoms with Gasteiger partial charge in [-0.05, 0) is 37.5 Å². The molecule has 66 valence electrons. The Morgan fingerprint density at radius 3 is 2.42 bits per heavy atom. The predicted octanol–water partition coefficient (Wildman–Crippen LogP) is 3.74. The van der Waals surface area contributed by atoms with Gasteiger partial charge in [0.15, 0.2) is 0 Å². The Hall–Kier alpha value is -0.370. The van der Waals surface area contributed by atoms with E-state index in [1.807, 2.05) is 24.3 Å². The van der Waals surface area contributed by atoms with E-state index in [1.54, 1.807) is 6.92 Å². The molecule has 0 N–H and O–H groups in total. The topological polar surface area (TPSA) is 0 Å². The number of hydrogen-bond acceptors (Lipinski definition) is 0. The Bertz CT molecular complexity index is 228. The van der Waals surface area contributed by atoms with Crippen LogP contribution in [0.15, 0.2) is 28.7 Å². The molecular formula is C10H12BrF. The quantitative estimate of drug-likeness (QED) is 0.743. The lowest BCUT2D eigenvalue weighted by Gasteiger charge is -2.01. The van der Waals surface area contributed by atoms with Crippen molar-refractivity contribution in [2.24, 2.45) is 0 Å². The minimum atomic E-state index is -0.700. The Kier molecular flexibility index (Phi) is 3.73. The highest BCUT2D eigenvalue weighted by Gasteiger charge is 1.98. The Labute approximate surface area is 80.9 Å². The molecule has 0 saturated heterocycles. The molecule has 0 saturated carbocycles. The maximum atomic E-state index is 12.5. The third-order valence-corrected chi connectivity index (χ3v) is 2.27. The SMILES string of the molecule is CC(F)CCc1ccc(Br)cc1. The van der Waals surface area contributed by atoms with Crippen LogP contribution in [-0.4, -0.2) is 6.17 Å². The third kappa shape index (κ3) is 3.35. The van der Waals surface area contributed by atoms with Gasteiger partial charge in [0.2, 0.25) is 0 Å². The van der Waals surface area contributed by atoms with Crippen molar-refractivity contribution >= 4 is 15.9 Å². The molecule has 0 fully saturated rings. The highest BCUT2D eigenvalue weighted by atomic mass is 79.9. The van der Waals surface area contributed by atoms with E-state index in [0.29, 0.717) is 6.42 Å². The summed E-state index contributed by atoms with van der Waals surface area (Å²) < 4.78 is 13.5. The van der Waals surface area contributed by atoms with Crippen LogP contribution in [0.4, 0.5) is 4.39 Å². The van der Waals surface area contributed by atoms with Crippen LogP contribution in [0.2, 0.25) is 0 Å². The lowest BCUT2D eigenvalue weighted by molar-refractivity contribution is 0.341. The second kappa shape index (κ2) is 4.61. The first-order valence-corrected chi connectivity index (χ1v) is 4.86. The summed E-state index contributed by atoms with van der Waals surface area (Å²) in [6.07, 6.45) is 0.737. The Morgan fingerprint density at radius 2 is 1.92 bits per heavy atom. The summed E-state index contributed by atoms with van der Waals surface area (Å²) in [5, 5.41) is 0. The van der Waals surface area contributed by atoms with E-state index in [9.17, 15) is 4.39 Å². The van der Waals surface area contributed by atoms with Gasteiger partial charge in [-0.25, -0.2) is 4.39 Å². The normalized spacial score (nSPS) is 12.9. The van der Waals surface area contributed by atoms with E-state index in [1.165, 1.54) is 5.56 Å². The summed E-state index contributed by atoms with van der Waals surface area (Å²) in [5.74, 6) is 0. The zero-order valence-corrected chi connectivity index (χ0v) is 8.64. The number of benzene rings is 1. The van der Waals surface area contributed by atoms with Crippen LogP contribution in [-0.2, 0) is 6.42 Å². The van der Waals surface area contributed by atoms with Gasteiger partial charge in [-0.1, -0.05) is 28.1 Å². The number of aryl methyl sites for hydroxylation is 1. The zero-order chi connectivity index (χ0) is 8.97. The molecule has 1 aromatic rings. The molecule has 0 spiro atoms. The van der Waals surface area contributed by atoms with Crippen molar-refractivity contribution in [1.82, 2.24) is 0 Å². The maximum Gasteiger partial charge on any atom is 0.0976 e. The summed E-state index contributed by atoms with van der Waals surface area (Å²) >= 11 is 3.35. The van der Waals surface area contributed by atoms with E-state index >= 15 is 0 Å². The van der Waals surface area contributed by atoms with Gasteiger partial charge >= 0.3 is 0 Å². The first-order valence-electron chi connectivity index (χ1n) is 4.07. The first kappa shape index (κ1) is 9.72. The van der Waals surface area contributed by atoms with Crippen molar-refractivity contribution in [2.45, 2.75) is 25.9 Å². The van der Waals surface area contributed by atoms with E-state index in [2.05, 4.69) is 15.9 Å². The summed E-state index contributed by atoms with van der Waals surface area (Å²) in [5.41, 5.74) is 1.20. The second-order valence-corrected chi connectivity index (χ2v) is 3.86. The van der Waals surface area contributed by atoms with E-state index < -0.39 is 6.17 Å². The van der Waals surface area contributed by atoms with Crippen LogP contribution in [0.25, 0.3) is 0 Å². The molecule has 0 aliphatic carbocycles. The number of halogens is 2. The molecule has 0 aliphatic heterocycles. The standard InChI is InChI=1S/C10H12BrF/c1-8(12)2-3-9-4-6-10(11)7-5-9/h4-8H,2-3H2,1H3. The second-order valence-electron chi connectivity index (χ2n) is 2.95. The minimum Gasteiger partial charge on any atom is -0.248 e. The summed E-state index contributed by atoms with van der Waals surface area (Å²) in [6, 6.07) is 8.01. The molecule has 0 aromatic heterocycles. The monoisotopic (exact) mass is 230 g/mol. The van der Waals surface area contributed by atoms with Gasteiger partial charge in [0.1, 0.15) is 0 Å². The smallest absolute Gasteiger partial charge is 0.0976 e. The molecule has 1 aromatic carbocycles. The lowest BCUT2D eigenvalue weighted by atomic mass is 10.1. The zero-order valence-electron chi connectivity index (χ0n) is 7.06. The molecule has 0 radical (unpaired) electrons. The molecule has 1 unspecified atom stereocenters. The van der Waals surface area contributed by atoms with Crippen molar-refractivity contribution in [2.75, 3.05) is 0 Å². The summed E-state index contributed by atoms with van der Waals surface area (Å²) in [6.45, 7) is 1.60. The molecular weight excluding hydrogens is 219 g/mol. The van der Waals surface area contributed by atoms with E-state index in [-0.39, 0.29) is 0 Å². The van der Waals surface area contributed by atoms with Crippen LogP contribution in [0, 0.1) is 0 Å². The van der Waals surface area contributed by atoms with Crippen molar-refractivity contribution in [3.05, 3.63) is 34.3 Å².